The van der Waals surface area contributed by atoms with Crippen molar-refractivity contribution in [1.82, 2.24) is 9.97 Å². The minimum atomic E-state index is -3.35. The molecule has 1 aliphatic heterocycles. The van der Waals surface area contributed by atoms with Crippen LogP contribution >= 0.6 is 0 Å². The molecule has 1 aliphatic rings. The SMILES string of the molecule is CC(C)(C)N1CCS(=O)(=O)Nc2nc3[nH]ccc3cc21. The molecule has 3 heterocycles. The summed E-state index contributed by atoms with van der Waals surface area (Å²) in [6.07, 6.45) is 1.80. The Morgan fingerprint density at radius 1 is 1.35 bits per heavy atom. The van der Waals surface area contributed by atoms with Crippen LogP contribution in [0.4, 0.5) is 11.5 Å². The fourth-order valence-corrected chi connectivity index (χ4v) is 3.45. The van der Waals surface area contributed by atoms with E-state index >= 15 is 0 Å². The zero-order chi connectivity index (χ0) is 14.5. The molecule has 0 saturated heterocycles. The van der Waals surface area contributed by atoms with Crippen LogP contribution < -0.4 is 9.62 Å². The van der Waals surface area contributed by atoms with E-state index in [1.807, 2.05) is 12.1 Å². The van der Waals surface area contributed by atoms with Gasteiger partial charge in [-0.2, -0.15) is 0 Å². The molecule has 0 aliphatic carbocycles. The average Bonchev–Trinajstić information content (AvgIpc) is 2.68. The fourth-order valence-electron chi connectivity index (χ4n) is 2.48. The number of fused-ring (bicyclic) bond motifs is 2. The van der Waals surface area contributed by atoms with E-state index in [0.717, 1.165) is 11.1 Å². The minimum Gasteiger partial charge on any atom is -0.363 e. The van der Waals surface area contributed by atoms with E-state index in [1.54, 1.807) is 6.20 Å². The second-order valence-electron chi connectivity index (χ2n) is 6.02. The highest BCUT2D eigenvalue weighted by atomic mass is 32.2. The van der Waals surface area contributed by atoms with Gasteiger partial charge in [0, 0.05) is 23.7 Å². The van der Waals surface area contributed by atoms with Gasteiger partial charge in [-0.05, 0) is 32.9 Å². The first-order chi connectivity index (χ1) is 9.26. The van der Waals surface area contributed by atoms with E-state index in [9.17, 15) is 8.42 Å². The molecular weight excluding hydrogens is 276 g/mol. The Hall–Kier alpha value is -1.76. The van der Waals surface area contributed by atoms with Crippen molar-refractivity contribution in [3.8, 4) is 0 Å². The average molecular weight is 294 g/mol. The van der Waals surface area contributed by atoms with Gasteiger partial charge in [0.15, 0.2) is 5.82 Å². The Bertz CT molecular complexity index is 758. The van der Waals surface area contributed by atoms with Gasteiger partial charge in [0.1, 0.15) is 5.65 Å². The quantitative estimate of drug-likeness (QED) is 0.778. The lowest BCUT2D eigenvalue weighted by Gasteiger charge is -2.36. The maximum absolute atomic E-state index is 12.0. The largest absolute Gasteiger partial charge is 0.363 e. The Morgan fingerprint density at radius 3 is 2.80 bits per heavy atom. The first-order valence-corrected chi connectivity index (χ1v) is 8.18. The number of aromatic amines is 1. The fraction of sp³-hybridized carbons (Fsp3) is 0.462. The summed E-state index contributed by atoms with van der Waals surface area (Å²) < 4.78 is 26.6. The third-order valence-corrected chi connectivity index (χ3v) is 4.68. The molecule has 108 valence electrons. The summed E-state index contributed by atoms with van der Waals surface area (Å²) in [7, 11) is -3.35. The summed E-state index contributed by atoms with van der Waals surface area (Å²) in [6.45, 7) is 6.64. The van der Waals surface area contributed by atoms with Crippen molar-refractivity contribution in [3.63, 3.8) is 0 Å². The van der Waals surface area contributed by atoms with Crippen LogP contribution in [0.5, 0.6) is 0 Å². The van der Waals surface area contributed by atoms with Crippen molar-refractivity contribution in [2.45, 2.75) is 26.3 Å². The predicted octanol–water partition coefficient (Wildman–Crippen LogP) is 1.92. The summed E-state index contributed by atoms with van der Waals surface area (Å²) in [6, 6.07) is 3.91. The summed E-state index contributed by atoms with van der Waals surface area (Å²) in [5.41, 5.74) is 1.33. The van der Waals surface area contributed by atoms with E-state index < -0.39 is 10.0 Å². The number of H-pyrrole nitrogens is 1. The number of nitrogens with zero attached hydrogens (tertiary/aromatic N) is 2. The van der Waals surface area contributed by atoms with Crippen LogP contribution in [0.3, 0.4) is 0 Å². The van der Waals surface area contributed by atoms with Crippen LogP contribution in [0.15, 0.2) is 18.3 Å². The lowest BCUT2D eigenvalue weighted by atomic mass is 10.0. The normalized spacial score (nSPS) is 18.4. The maximum Gasteiger partial charge on any atom is 0.235 e. The van der Waals surface area contributed by atoms with Gasteiger partial charge in [-0.25, -0.2) is 13.4 Å². The highest BCUT2D eigenvalue weighted by Crippen LogP contribution is 2.34. The minimum absolute atomic E-state index is 0.0641. The number of pyridine rings is 1. The van der Waals surface area contributed by atoms with E-state index in [4.69, 9.17) is 0 Å². The molecule has 0 unspecified atom stereocenters. The Morgan fingerprint density at radius 2 is 2.10 bits per heavy atom. The van der Waals surface area contributed by atoms with Gasteiger partial charge in [-0.1, -0.05) is 0 Å². The predicted molar refractivity (Wildman–Crippen MR) is 80.6 cm³/mol. The molecule has 3 rings (SSSR count). The molecule has 0 aromatic carbocycles. The van der Waals surface area contributed by atoms with Crippen LogP contribution in [0, 0.1) is 0 Å². The van der Waals surface area contributed by atoms with Crippen molar-refractivity contribution >= 4 is 32.6 Å². The molecule has 0 amide bonds. The number of anilines is 2. The smallest absolute Gasteiger partial charge is 0.235 e. The van der Waals surface area contributed by atoms with E-state index in [1.165, 1.54) is 0 Å². The van der Waals surface area contributed by atoms with Gasteiger partial charge in [0.2, 0.25) is 10.0 Å². The van der Waals surface area contributed by atoms with Crippen LogP contribution in [-0.4, -0.2) is 36.2 Å². The molecule has 2 aromatic heterocycles. The van der Waals surface area contributed by atoms with Crippen LogP contribution in [0.2, 0.25) is 0 Å². The Kier molecular flexibility index (Phi) is 2.72. The Labute approximate surface area is 118 Å². The van der Waals surface area contributed by atoms with Gasteiger partial charge in [-0.3, -0.25) is 4.72 Å². The lowest BCUT2D eigenvalue weighted by Crippen LogP contribution is -2.43. The number of hydrogen-bond acceptors (Lipinski definition) is 4. The number of rotatable bonds is 0. The molecule has 0 fully saturated rings. The molecule has 0 spiro atoms. The first kappa shape index (κ1) is 13.2. The third kappa shape index (κ3) is 2.22. The lowest BCUT2D eigenvalue weighted by molar-refractivity contribution is 0.513. The summed E-state index contributed by atoms with van der Waals surface area (Å²) in [4.78, 5) is 9.50. The third-order valence-electron chi connectivity index (χ3n) is 3.45. The molecule has 0 radical (unpaired) electrons. The summed E-state index contributed by atoms with van der Waals surface area (Å²) in [5.74, 6) is 0.460. The van der Waals surface area contributed by atoms with E-state index in [-0.39, 0.29) is 11.3 Å². The molecular formula is C13H18N4O2S. The highest BCUT2D eigenvalue weighted by Gasteiger charge is 2.30. The first-order valence-electron chi connectivity index (χ1n) is 6.52. The van der Waals surface area contributed by atoms with Gasteiger partial charge in [-0.15, -0.1) is 0 Å². The monoisotopic (exact) mass is 294 g/mol. The molecule has 0 saturated carbocycles. The van der Waals surface area contributed by atoms with Crippen molar-refractivity contribution in [3.05, 3.63) is 18.3 Å². The van der Waals surface area contributed by atoms with Gasteiger partial charge < -0.3 is 9.88 Å². The number of nitrogens with one attached hydrogen (secondary N) is 2. The van der Waals surface area contributed by atoms with Crippen LogP contribution in [0.25, 0.3) is 11.0 Å². The summed E-state index contributed by atoms with van der Waals surface area (Å²) in [5, 5.41) is 0.971. The highest BCUT2D eigenvalue weighted by molar-refractivity contribution is 7.92. The molecule has 6 nitrogen and oxygen atoms in total. The summed E-state index contributed by atoms with van der Waals surface area (Å²) >= 11 is 0. The van der Waals surface area contributed by atoms with Gasteiger partial charge in [0.25, 0.3) is 0 Å². The van der Waals surface area contributed by atoms with E-state index in [2.05, 4.69) is 40.4 Å². The second kappa shape index (κ2) is 4.12. The van der Waals surface area contributed by atoms with Crippen molar-refractivity contribution < 1.29 is 8.42 Å². The molecule has 2 N–H and O–H groups in total. The maximum atomic E-state index is 12.0. The molecule has 2 aromatic rings. The molecule has 0 bridgehead atoms. The number of aromatic nitrogens is 2. The topological polar surface area (TPSA) is 78.1 Å². The van der Waals surface area contributed by atoms with Gasteiger partial charge in [0.05, 0.1) is 11.4 Å². The number of hydrogen-bond donors (Lipinski definition) is 2. The van der Waals surface area contributed by atoms with Crippen molar-refractivity contribution in [2.24, 2.45) is 0 Å². The second-order valence-corrected chi connectivity index (χ2v) is 7.86. The molecule has 0 atom stereocenters. The Balaban J connectivity index is 2.25. The molecule has 7 heteroatoms. The van der Waals surface area contributed by atoms with Crippen LogP contribution in [-0.2, 0) is 10.0 Å². The zero-order valence-electron chi connectivity index (χ0n) is 11.8. The van der Waals surface area contributed by atoms with Gasteiger partial charge >= 0.3 is 0 Å². The van der Waals surface area contributed by atoms with Crippen molar-refractivity contribution in [1.29, 1.82) is 0 Å². The van der Waals surface area contributed by atoms with Crippen LogP contribution in [0.1, 0.15) is 20.8 Å². The molecule has 20 heavy (non-hydrogen) atoms. The standard InChI is InChI=1S/C13H18N4O2S/c1-13(2,3)17-6-7-20(18,19)16-12-10(17)8-9-4-5-14-11(9)15-12/h4-5,8H,6-7H2,1-3H3,(H2,14,15,16). The zero-order valence-corrected chi connectivity index (χ0v) is 12.6. The van der Waals surface area contributed by atoms with E-state index in [0.29, 0.717) is 18.0 Å². The van der Waals surface area contributed by atoms with Crippen molar-refractivity contribution in [2.75, 3.05) is 21.9 Å². The number of sulfonamides is 1.